The van der Waals surface area contributed by atoms with Crippen LogP contribution < -0.4 is 5.32 Å². The van der Waals surface area contributed by atoms with E-state index >= 15 is 0 Å². The molecule has 2 unspecified atom stereocenters. The fraction of sp³-hybridized carbons (Fsp3) is 0.900. The zero-order chi connectivity index (χ0) is 10.6. The summed E-state index contributed by atoms with van der Waals surface area (Å²) < 4.78 is 4.87. The summed E-state index contributed by atoms with van der Waals surface area (Å²) in [5.41, 5.74) is 0. The Bertz CT molecular complexity index is 195. The van der Waals surface area contributed by atoms with Gasteiger partial charge in [0.2, 0.25) is 5.91 Å². The van der Waals surface area contributed by atoms with Crippen LogP contribution in [0.1, 0.15) is 19.8 Å². The number of amides is 1. The van der Waals surface area contributed by atoms with Crippen molar-refractivity contribution in [3.63, 3.8) is 0 Å². The van der Waals surface area contributed by atoms with E-state index in [-0.39, 0.29) is 17.2 Å². The first-order valence-corrected chi connectivity index (χ1v) is 5.49. The van der Waals surface area contributed by atoms with E-state index in [1.807, 2.05) is 6.92 Å². The molecule has 0 bridgehead atoms. The van der Waals surface area contributed by atoms with E-state index < -0.39 is 0 Å². The van der Waals surface area contributed by atoms with E-state index in [9.17, 15) is 4.79 Å². The Morgan fingerprint density at radius 3 is 2.79 bits per heavy atom. The van der Waals surface area contributed by atoms with Crippen LogP contribution in [0.2, 0.25) is 0 Å². The van der Waals surface area contributed by atoms with Crippen molar-refractivity contribution < 1.29 is 9.53 Å². The van der Waals surface area contributed by atoms with E-state index in [2.05, 4.69) is 5.32 Å². The van der Waals surface area contributed by atoms with Gasteiger partial charge in [0.05, 0.1) is 12.0 Å². The lowest BCUT2D eigenvalue weighted by molar-refractivity contribution is -0.125. The number of carbonyl (C=O) groups excluding carboxylic acids is 1. The molecule has 2 atom stereocenters. The Hall–Kier alpha value is -0.280. The molecule has 1 saturated carbocycles. The lowest BCUT2D eigenvalue weighted by Gasteiger charge is -2.13. The molecule has 82 valence electrons. The first-order valence-electron chi connectivity index (χ1n) is 5.06. The summed E-state index contributed by atoms with van der Waals surface area (Å²) in [6.45, 7) is 2.94. The molecular weight excluding hydrogens is 202 g/mol. The van der Waals surface area contributed by atoms with Gasteiger partial charge in [-0.1, -0.05) is 6.92 Å². The van der Waals surface area contributed by atoms with Gasteiger partial charge in [-0.15, -0.1) is 11.6 Å². The van der Waals surface area contributed by atoms with Gasteiger partial charge < -0.3 is 10.1 Å². The van der Waals surface area contributed by atoms with E-state index in [0.29, 0.717) is 19.1 Å². The Morgan fingerprint density at radius 2 is 2.29 bits per heavy atom. The molecule has 0 heterocycles. The van der Waals surface area contributed by atoms with Crippen molar-refractivity contribution in [3.05, 3.63) is 0 Å². The fourth-order valence-corrected chi connectivity index (χ4v) is 1.63. The number of hydrogen-bond acceptors (Lipinski definition) is 2. The highest BCUT2D eigenvalue weighted by atomic mass is 35.5. The minimum atomic E-state index is -0.129. The smallest absolute Gasteiger partial charge is 0.223 e. The molecule has 0 spiro atoms. The number of nitrogens with one attached hydrogen (secondary N) is 1. The molecule has 0 radical (unpaired) electrons. The minimum Gasteiger partial charge on any atom is -0.383 e. The highest BCUT2D eigenvalue weighted by Crippen LogP contribution is 2.36. The highest BCUT2D eigenvalue weighted by molar-refractivity contribution is 6.21. The second-order valence-electron chi connectivity index (χ2n) is 3.92. The number of alkyl halides is 1. The second-order valence-corrected chi connectivity index (χ2v) is 4.54. The summed E-state index contributed by atoms with van der Waals surface area (Å²) in [6.07, 6.45) is 2.38. The summed E-state index contributed by atoms with van der Waals surface area (Å²) in [4.78, 5) is 11.5. The maximum atomic E-state index is 11.5. The van der Waals surface area contributed by atoms with E-state index in [1.165, 1.54) is 12.8 Å². The van der Waals surface area contributed by atoms with Gasteiger partial charge in [0.15, 0.2) is 0 Å². The fourth-order valence-electron chi connectivity index (χ4n) is 1.42. The van der Waals surface area contributed by atoms with E-state index in [1.54, 1.807) is 7.11 Å². The third kappa shape index (κ3) is 3.84. The van der Waals surface area contributed by atoms with Crippen molar-refractivity contribution in [1.29, 1.82) is 0 Å². The largest absolute Gasteiger partial charge is 0.383 e. The number of methoxy groups -OCH3 is 1. The van der Waals surface area contributed by atoms with Gasteiger partial charge in [-0.25, -0.2) is 0 Å². The van der Waals surface area contributed by atoms with Gasteiger partial charge in [0.25, 0.3) is 0 Å². The summed E-state index contributed by atoms with van der Waals surface area (Å²) >= 11 is 5.89. The average Bonchev–Trinajstić information content (AvgIpc) is 2.96. The van der Waals surface area contributed by atoms with Crippen molar-refractivity contribution >= 4 is 17.5 Å². The van der Waals surface area contributed by atoms with Crippen LogP contribution in [0.3, 0.4) is 0 Å². The van der Waals surface area contributed by atoms with Crippen molar-refractivity contribution in [2.75, 3.05) is 20.3 Å². The van der Waals surface area contributed by atoms with E-state index in [4.69, 9.17) is 16.3 Å². The third-order valence-electron chi connectivity index (χ3n) is 2.59. The standard InChI is InChI=1S/C10H18ClNO2/c1-7(8-3-4-8)10(13)12-5-9(11)6-14-2/h7-9H,3-6H2,1-2H3,(H,12,13). The van der Waals surface area contributed by atoms with Crippen molar-refractivity contribution in [2.24, 2.45) is 11.8 Å². The van der Waals surface area contributed by atoms with Gasteiger partial charge in [0, 0.05) is 19.6 Å². The minimum absolute atomic E-state index is 0.120. The number of hydrogen-bond donors (Lipinski definition) is 1. The normalized spacial score (nSPS) is 20.2. The Balaban J connectivity index is 2.13. The molecule has 0 aromatic rings. The topological polar surface area (TPSA) is 38.3 Å². The van der Waals surface area contributed by atoms with Crippen LogP contribution in [-0.2, 0) is 9.53 Å². The van der Waals surface area contributed by atoms with Crippen molar-refractivity contribution in [1.82, 2.24) is 5.32 Å². The quantitative estimate of drug-likeness (QED) is 0.686. The van der Waals surface area contributed by atoms with Crippen molar-refractivity contribution in [2.45, 2.75) is 25.1 Å². The molecule has 1 aliphatic carbocycles. The predicted molar refractivity (Wildman–Crippen MR) is 56.4 cm³/mol. The third-order valence-corrected chi connectivity index (χ3v) is 2.87. The van der Waals surface area contributed by atoms with E-state index in [0.717, 1.165) is 0 Å². The van der Waals surface area contributed by atoms with Crippen LogP contribution in [-0.4, -0.2) is 31.5 Å². The summed E-state index contributed by atoms with van der Waals surface area (Å²) in [5, 5.41) is 2.71. The van der Waals surface area contributed by atoms with Crippen LogP contribution in [0, 0.1) is 11.8 Å². The van der Waals surface area contributed by atoms with Gasteiger partial charge in [-0.05, 0) is 18.8 Å². The molecule has 4 heteroatoms. The summed E-state index contributed by atoms with van der Waals surface area (Å²) in [7, 11) is 1.60. The van der Waals surface area contributed by atoms with Crippen LogP contribution in [0.15, 0.2) is 0 Å². The average molecular weight is 220 g/mol. The number of halogens is 1. The zero-order valence-corrected chi connectivity index (χ0v) is 9.51. The maximum absolute atomic E-state index is 11.5. The number of rotatable bonds is 6. The lowest BCUT2D eigenvalue weighted by Crippen LogP contribution is -2.35. The molecule has 1 aliphatic rings. The molecule has 0 aromatic heterocycles. The zero-order valence-electron chi connectivity index (χ0n) is 8.75. The Kier molecular flexibility index (Phi) is 4.69. The lowest BCUT2D eigenvalue weighted by atomic mass is 10.1. The SMILES string of the molecule is COCC(Cl)CNC(=O)C(C)C1CC1. The molecule has 3 nitrogen and oxygen atoms in total. The summed E-state index contributed by atoms with van der Waals surface area (Å²) in [6, 6.07) is 0. The Morgan fingerprint density at radius 1 is 1.64 bits per heavy atom. The van der Waals surface area contributed by atoms with Crippen LogP contribution >= 0.6 is 11.6 Å². The molecule has 1 fully saturated rings. The Labute approximate surface area is 90.1 Å². The molecular formula is C10H18ClNO2. The predicted octanol–water partition coefficient (Wildman–Crippen LogP) is 1.40. The molecule has 0 aliphatic heterocycles. The first kappa shape index (κ1) is 11.8. The number of ether oxygens (including phenoxy) is 1. The van der Waals surface area contributed by atoms with Gasteiger partial charge >= 0.3 is 0 Å². The van der Waals surface area contributed by atoms with Crippen LogP contribution in [0.5, 0.6) is 0 Å². The molecule has 0 saturated heterocycles. The van der Waals surface area contributed by atoms with Gasteiger partial charge in [0.1, 0.15) is 0 Å². The summed E-state index contributed by atoms with van der Waals surface area (Å²) in [5.74, 6) is 0.863. The van der Waals surface area contributed by atoms with Crippen LogP contribution in [0.25, 0.3) is 0 Å². The van der Waals surface area contributed by atoms with Crippen molar-refractivity contribution in [3.8, 4) is 0 Å². The molecule has 0 aromatic carbocycles. The monoisotopic (exact) mass is 219 g/mol. The molecule has 14 heavy (non-hydrogen) atoms. The second kappa shape index (κ2) is 5.56. The highest BCUT2D eigenvalue weighted by Gasteiger charge is 2.32. The first-order chi connectivity index (χ1) is 6.65. The molecule has 1 N–H and O–H groups in total. The molecule has 1 amide bonds. The van der Waals surface area contributed by atoms with Gasteiger partial charge in [-0.2, -0.15) is 0 Å². The molecule has 1 rings (SSSR count). The number of carbonyl (C=O) groups is 1. The van der Waals surface area contributed by atoms with Gasteiger partial charge in [-0.3, -0.25) is 4.79 Å². The maximum Gasteiger partial charge on any atom is 0.223 e. The van der Waals surface area contributed by atoms with Crippen LogP contribution in [0.4, 0.5) is 0 Å².